The van der Waals surface area contributed by atoms with Crippen molar-refractivity contribution in [2.75, 3.05) is 30.3 Å². The molecule has 0 radical (unpaired) electrons. The van der Waals surface area contributed by atoms with E-state index in [9.17, 15) is 23.1 Å². The fourth-order valence-electron chi connectivity index (χ4n) is 3.65. The number of benzene rings is 2. The van der Waals surface area contributed by atoms with Crippen molar-refractivity contribution < 1.29 is 37.0 Å². The molecule has 1 aliphatic heterocycles. The third kappa shape index (κ3) is 8.02. The lowest BCUT2D eigenvalue weighted by molar-refractivity contribution is -0.767. The van der Waals surface area contributed by atoms with Crippen molar-refractivity contribution in [3.63, 3.8) is 0 Å². The van der Waals surface area contributed by atoms with Gasteiger partial charge in [0.05, 0.1) is 11.3 Å². The van der Waals surface area contributed by atoms with Crippen LogP contribution in [-0.2, 0) is 23.9 Å². The van der Waals surface area contributed by atoms with E-state index in [4.69, 9.17) is 9.26 Å². The third-order valence-corrected chi connectivity index (χ3v) is 5.32. The van der Waals surface area contributed by atoms with Gasteiger partial charge in [-0.3, -0.25) is 14.8 Å². The van der Waals surface area contributed by atoms with E-state index in [0.29, 0.717) is 25.3 Å². The molecule has 13 heteroatoms. The highest BCUT2D eigenvalue weighted by molar-refractivity contribution is 5.99. The van der Waals surface area contributed by atoms with Crippen LogP contribution in [0.1, 0.15) is 17.5 Å². The van der Waals surface area contributed by atoms with Gasteiger partial charge >= 0.3 is 18.1 Å². The highest BCUT2D eigenvalue weighted by Crippen LogP contribution is 2.34. The number of rotatable bonds is 7. The molecule has 4 rings (SSSR count). The van der Waals surface area contributed by atoms with Gasteiger partial charge < -0.3 is 20.5 Å². The molecular weight excluding hydrogens is 493 g/mol. The molecule has 1 fully saturated rings. The Labute approximate surface area is 210 Å². The summed E-state index contributed by atoms with van der Waals surface area (Å²) in [6.45, 7) is 2.50. The van der Waals surface area contributed by atoms with E-state index in [0.717, 1.165) is 25.1 Å². The van der Waals surface area contributed by atoms with Crippen molar-refractivity contribution in [3.8, 4) is 0 Å². The van der Waals surface area contributed by atoms with Crippen molar-refractivity contribution in [3.05, 3.63) is 65.9 Å². The topological polar surface area (TPSA) is 128 Å². The zero-order chi connectivity index (χ0) is 26.3. The lowest BCUT2D eigenvalue weighted by Gasteiger charge is -2.14. The van der Waals surface area contributed by atoms with Gasteiger partial charge in [-0.25, -0.2) is 4.79 Å². The number of hydrogen-bond acceptors (Lipinski definition) is 7. The fraction of sp³-hybridized carbons (Fsp3) is 0.333. The van der Waals surface area contributed by atoms with Crippen LogP contribution in [0.3, 0.4) is 0 Å². The molecule has 2 aromatic carbocycles. The number of anilines is 2. The van der Waals surface area contributed by atoms with Crippen LogP contribution in [0.15, 0.2) is 64.2 Å². The summed E-state index contributed by atoms with van der Waals surface area (Å²) in [5, 5.41) is 24.0. The minimum atomic E-state index is -4.72. The molecule has 0 bridgehead atoms. The van der Waals surface area contributed by atoms with Crippen molar-refractivity contribution in [1.82, 2.24) is 10.6 Å². The zero-order valence-corrected chi connectivity index (χ0v) is 19.6. The highest BCUT2D eigenvalue weighted by atomic mass is 19.4. The second kappa shape index (κ2) is 11.8. The number of nitrogens with zero attached hydrogens (tertiary/aromatic N) is 3. The van der Waals surface area contributed by atoms with Crippen LogP contribution in [0.5, 0.6) is 0 Å². The maximum Gasteiger partial charge on any atom is 0.416 e. The Balaban J connectivity index is 1.43. The van der Waals surface area contributed by atoms with Crippen LogP contribution < -0.4 is 25.7 Å². The standard InChI is InChI=1S/C24H25F3N6O4/c25-24(26,27)17-10-18(29-21(34)9-16-5-2-1-3-6-16)12-19(11-17)30-23(35)31-22-15-33(32-37-22)14-20-13-28-7-4-8-36-20/h1-3,5-6,10-12,15,20,28H,4,7-9,13-14H2,(H2-,29,30,31,32,34,35). The van der Waals surface area contributed by atoms with Gasteiger partial charge in [-0.15, -0.1) is 0 Å². The van der Waals surface area contributed by atoms with Crippen LogP contribution in [0, 0.1) is 0 Å². The Bertz CT molecular complexity index is 1220. The number of nitrogens with one attached hydrogen (secondary N) is 3. The largest absolute Gasteiger partial charge is 0.861 e. The molecule has 2 heterocycles. The number of aliphatic imine (C=N–C) groups is 1. The molecule has 1 aromatic heterocycles. The van der Waals surface area contributed by atoms with E-state index >= 15 is 0 Å². The molecule has 0 saturated carbocycles. The number of hydrogen-bond donors (Lipinski definition) is 3. The molecule has 37 heavy (non-hydrogen) atoms. The summed E-state index contributed by atoms with van der Waals surface area (Å²) in [5.74, 6) is -0.644. The molecule has 1 unspecified atom stereocenters. The van der Waals surface area contributed by atoms with Gasteiger partial charge in [0.15, 0.2) is 0 Å². The summed E-state index contributed by atoms with van der Waals surface area (Å²) in [7, 11) is 0. The Morgan fingerprint density at radius 2 is 2.03 bits per heavy atom. The van der Waals surface area contributed by atoms with Gasteiger partial charge in [0.2, 0.25) is 11.8 Å². The Kier molecular flexibility index (Phi) is 8.36. The number of urea groups is 1. The Morgan fingerprint density at radius 3 is 2.81 bits per heavy atom. The van der Waals surface area contributed by atoms with Gasteiger partial charge in [-0.05, 0) is 47.3 Å². The molecule has 1 atom stereocenters. The summed E-state index contributed by atoms with van der Waals surface area (Å²) >= 11 is 0. The van der Waals surface area contributed by atoms with Crippen LogP contribution in [0.25, 0.3) is 0 Å². The zero-order valence-electron chi connectivity index (χ0n) is 19.6. The van der Waals surface area contributed by atoms with E-state index in [2.05, 4.69) is 26.2 Å². The van der Waals surface area contributed by atoms with E-state index in [1.54, 1.807) is 30.3 Å². The van der Waals surface area contributed by atoms with E-state index in [1.165, 1.54) is 16.9 Å². The number of amides is 2. The van der Waals surface area contributed by atoms with Crippen LogP contribution in [0.4, 0.5) is 35.2 Å². The summed E-state index contributed by atoms with van der Waals surface area (Å²) in [4.78, 5) is 16.2. The summed E-state index contributed by atoms with van der Waals surface area (Å²) in [5.41, 5.74) is -0.831. The van der Waals surface area contributed by atoms with Crippen molar-refractivity contribution in [1.29, 1.82) is 0 Å². The molecule has 1 saturated heterocycles. The molecule has 0 aliphatic carbocycles. The number of alkyl halides is 3. The normalized spacial score (nSPS) is 16.7. The highest BCUT2D eigenvalue weighted by Gasteiger charge is 2.31. The van der Waals surface area contributed by atoms with Crippen LogP contribution in [0.2, 0.25) is 0 Å². The van der Waals surface area contributed by atoms with E-state index in [1.807, 2.05) is 0 Å². The molecule has 1 aliphatic rings. The minimum Gasteiger partial charge on any atom is -0.861 e. The first-order valence-electron chi connectivity index (χ1n) is 11.5. The lowest BCUT2D eigenvalue weighted by Crippen LogP contribution is -2.44. The fourth-order valence-corrected chi connectivity index (χ4v) is 3.65. The van der Waals surface area contributed by atoms with Gasteiger partial charge in [0.1, 0.15) is 6.10 Å². The van der Waals surface area contributed by atoms with Gasteiger partial charge in [0.25, 0.3) is 6.20 Å². The van der Waals surface area contributed by atoms with Gasteiger partial charge in [-0.2, -0.15) is 13.2 Å². The van der Waals surface area contributed by atoms with Crippen molar-refractivity contribution >= 4 is 29.2 Å². The average Bonchev–Trinajstić information content (AvgIpc) is 3.10. The minimum absolute atomic E-state index is 0.0194. The monoisotopic (exact) mass is 518 g/mol. The number of halogens is 3. The van der Waals surface area contributed by atoms with E-state index in [-0.39, 0.29) is 29.8 Å². The predicted octanol–water partition coefficient (Wildman–Crippen LogP) is 2.64. The number of carbonyl (C=O) groups excluding carboxylic acids is 1. The molecular formula is C24H25F3N6O4. The first kappa shape index (κ1) is 26.1. The maximum atomic E-state index is 13.4. The lowest BCUT2D eigenvalue weighted by atomic mass is 10.1. The quantitative estimate of drug-likeness (QED) is 0.251. The molecule has 196 valence electrons. The molecule has 2 amide bonds. The molecule has 10 nitrogen and oxygen atoms in total. The second-order valence-corrected chi connectivity index (χ2v) is 8.35. The first-order valence-corrected chi connectivity index (χ1v) is 11.5. The third-order valence-electron chi connectivity index (χ3n) is 5.32. The summed E-state index contributed by atoms with van der Waals surface area (Å²) in [6, 6.07) is 10.5. The average molecular weight is 518 g/mol. The number of aromatic nitrogens is 2. The van der Waals surface area contributed by atoms with Crippen molar-refractivity contribution in [2.45, 2.75) is 31.7 Å². The van der Waals surface area contributed by atoms with Crippen LogP contribution in [-0.4, -0.2) is 43.0 Å². The molecule has 3 aromatic rings. The molecule has 0 spiro atoms. The summed E-state index contributed by atoms with van der Waals surface area (Å²) < 4.78 is 52.6. The SMILES string of the molecule is O=C(Nc1cc(N=C([O-])Cc2ccccc2)cc(C(F)(F)F)c1)Nc1c[n+](CC2CNCCCO2)no1. The van der Waals surface area contributed by atoms with Crippen molar-refractivity contribution in [2.24, 2.45) is 4.99 Å². The summed E-state index contributed by atoms with van der Waals surface area (Å²) in [6.07, 6.45) is -2.59. The maximum absolute atomic E-state index is 13.4. The smallest absolute Gasteiger partial charge is 0.416 e. The Hall–Kier alpha value is -3.97. The van der Waals surface area contributed by atoms with Crippen LogP contribution >= 0.6 is 0 Å². The first-order chi connectivity index (χ1) is 17.7. The predicted molar refractivity (Wildman–Crippen MR) is 125 cm³/mol. The van der Waals surface area contributed by atoms with Gasteiger partial charge in [0, 0.05) is 25.3 Å². The second-order valence-electron chi connectivity index (χ2n) is 8.35. The number of carbonyl (C=O) groups is 1. The Morgan fingerprint density at radius 1 is 1.22 bits per heavy atom. The van der Waals surface area contributed by atoms with E-state index < -0.39 is 23.7 Å². The number of ether oxygens (including phenoxy) is 1. The van der Waals surface area contributed by atoms with Gasteiger partial charge in [-0.1, -0.05) is 30.3 Å². The molecule has 3 N–H and O–H groups in total.